The van der Waals surface area contributed by atoms with Crippen LogP contribution in [-0.2, 0) is 25.7 Å². The molecule has 2 N–H and O–H groups in total. The van der Waals surface area contributed by atoms with E-state index >= 15 is 0 Å². The van der Waals surface area contributed by atoms with Gasteiger partial charge in [0.2, 0.25) is 11.8 Å². The number of likely N-dealkylation sites (tertiary alicyclic amines) is 1. The summed E-state index contributed by atoms with van der Waals surface area (Å²) in [5.74, 6) is 0.178. The van der Waals surface area contributed by atoms with Crippen LogP contribution in [0.5, 0.6) is 0 Å². The predicted octanol–water partition coefficient (Wildman–Crippen LogP) is 3.44. The van der Waals surface area contributed by atoms with Crippen molar-refractivity contribution in [1.29, 1.82) is 0 Å². The molecule has 2 saturated heterocycles. The SMILES string of the molecule is CC(C)N(CC1CCN(C(=O)OC(C)(C)C)CC1)C1CC(OCc2cccnc2N(C)C(=O)NC2CCC(=O)NC2=O)C1. The van der Waals surface area contributed by atoms with Crippen molar-refractivity contribution in [3.05, 3.63) is 23.9 Å². The second-order valence-electron chi connectivity index (χ2n) is 13.3. The van der Waals surface area contributed by atoms with Crippen molar-refractivity contribution in [2.45, 2.75) is 110 Å². The number of hydrogen-bond donors (Lipinski definition) is 2. The number of urea groups is 1. The first-order valence-electron chi connectivity index (χ1n) is 15.5. The van der Waals surface area contributed by atoms with E-state index in [-0.39, 0.29) is 30.9 Å². The maximum atomic E-state index is 12.9. The number of carbonyl (C=O) groups excluding carboxylic acids is 4. The summed E-state index contributed by atoms with van der Waals surface area (Å²) >= 11 is 0. The average Bonchev–Trinajstić information content (AvgIpc) is 2.92. The summed E-state index contributed by atoms with van der Waals surface area (Å²) in [6.45, 7) is 13.0. The minimum absolute atomic E-state index is 0.121. The van der Waals surface area contributed by atoms with Crippen LogP contribution in [0, 0.1) is 5.92 Å². The zero-order valence-corrected chi connectivity index (χ0v) is 26.4. The van der Waals surface area contributed by atoms with E-state index in [4.69, 9.17) is 9.47 Å². The van der Waals surface area contributed by atoms with Crippen LogP contribution in [0.4, 0.5) is 15.4 Å². The number of aromatic nitrogens is 1. The summed E-state index contributed by atoms with van der Waals surface area (Å²) in [4.78, 5) is 59.0. The van der Waals surface area contributed by atoms with Crippen molar-refractivity contribution in [3.8, 4) is 0 Å². The van der Waals surface area contributed by atoms with Gasteiger partial charge in [0.25, 0.3) is 0 Å². The Morgan fingerprint density at radius 3 is 2.49 bits per heavy atom. The first kappa shape index (κ1) is 32.7. The molecule has 1 aromatic rings. The zero-order valence-electron chi connectivity index (χ0n) is 26.4. The molecule has 0 spiro atoms. The average molecular weight is 601 g/mol. The summed E-state index contributed by atoms with van der Waals surface area (Å²) in [6.07, 6.45) is 5.81. The molecule has 0 bridgehead atoms. The Kier molecular flexibility index (Phi) is 10.7. The summed E-state index contributed by atoms with van der Waals surface area (Å²) in [5, 5.41) is 4.95. The number of nitrogens with zero attached hydrogens (tertiary/aromatic N) is 4. The molecule has 0 aromatic carbocycles. The molecular weight excluding hydrogens is 552 g/mol. The number of imide groups is 1. The maximum absolute atomic E-state index is 12.9. The number of carbonyl (C=O) groups is 4. The van der Waals surface area contributed by atoms with Gasteiger partial charge in [0, 0.05) is 56.9 Å². The van der Waals surface area contributed by atoms with Crippen molar-refractivity contribution in [2.24, 2.45) is 5.92 Å². The summed E-state index contributed by atoms with van der Waals surface area (Å²) in [5.41, 5.74) is 0.302. The molecule has 3 aliphatic rings. The van der Waals surface area contributed by atoms with Crippen LogP contribution < -0.4 is 15.5 Å². The highest BCUT2D eigenvalue weighted by atomic mass is 16.6. The Morgan fingerprint density at radius 2 is 1.86 bits per heavy atom. The molecule has 3 heterocycles. The molecule has 2 aliphatic heterocycles. The Labute approximate surface area is 254 Å². The lowest BCUT2D eigenvalue weighted by Crippen LogP contribution is -2.54. The van der Waals surface area contributed by atoms with Gasteiger partial charge in [-0.15, -0.1) is 0 Å². The third-order valence-electron chi connectivity index (χ3n) is 8.44. The van der Waals surface area contributed by atoms with Crippen LogP contribution >= 0.6 is 0 Å². The fraction of sp³-hybridized carbons (Fsp3) is 0.710. The van der Waals surface area contributed by atoms with Crippen LogP contribution in [0.3, 0.4) is 0 Å². The predicted molar refractivity (Wildman–Crippen MR) is 161 cm³/mol. The number of amides is 5. The molecule has 1 aromatic heterocycles. The van der Waals surface area contributed by atoms with Crippen molar-refractivity contribution >= 4 is 29.8 Å². The van der Waals surface area contributed by atoms with Crippen LogP contribution in [0.25, 0.3) is 0 Å². The Bertz CT molecular complexity index is 1160. The standard InChI is InChI=1S/C31H48N6O6/c1-20(2)37(18-21-11-14-36(15-12-21)30(41)43-31(3,4)5)23-16-24(17-23)42-19-22-8-7-13-32-27(22)35(6)29(40)33-25-9-10-26(38)34-28(25)39/h7-8,13,20-21,23-25H,9-12,14-19H2,1-6H3,(H,33,40)(H,34,38,39). The first-order chi connectivity index (χ1) is 20.3. The highest BCUT2D eigenvalue weighted by Gasteiger charge is 2.37. The number of nitrogens with one attached hydrogen (secondary N) is 2. The van der Waals surface area contributed by atoms with Gasteiger partial charge in [-0.2, -0.15) is 0 Å². The molecule has 43 heavy (non-hydrogen) atoms. The molecule has 12 heteroatoms. The van der Waals surface area contributed by atoms with Crippen molar-refractivity contribution in [2.75, 3.05) is 31.6 Å². The van der Waals surface area contributed by atoms with E-state index in [2.05, 4.69) is 34.4 Å². The Hall–Kier alpha value is -3.25. The summed E-state index contributed by atoms with van der Waals surface area (Å²) in [6, 6.07) is 3.33. The maximum Gasteiger partial charge on any atom is 0.410 e. The van der Waals surface area contributed by atoms with Gasteiger partial charge in [-0.05, 0) is 78.7 Å². The van der Waals surface area contributed by atoms with Gasteiger partial charge in [0.1, 0.15) is 17.5 Å². The molecule has 1 saturated carbocycles. The molecule has 5 amide bonds. The lowest BCUT2D eigenvalue weighted by Gasteiger charge is -2.46. The van der Waals surface area contributed by atoms with Crippen molar-refractivity contribution in [1.82, 2.24) is 25.4 Å². The van der Waals surface area contributed by atoms with Crippen LogP contribution in [0.1, 0.15) is 78.7 Å². The Morgan fingerprint density at radius 1 is 1.16 bits per heavy atom. The van der Waals surface area contributed by atoms with Crippen LogP contribution in [0.2, 0.25) is 0 Å². The molecule has 12 nitrogen and oxygen atoms in total. The zero-order chi connectivity index (χ0) is 31.3. The number of pyridine rings is 1. The minimum Gasteiger partial charge on any atom is -0.444 e. The molecular formula is C31H48N6O6. The topological polar surface area (TPSA) is 133 Å². The highest BCUT2D eigenvalue weighted by molar-refractivity contribution is 6.02. The number of ether oxygens (including phenoxy) is 2. The van der Waals surface area contributed by atoms with Crippen LogP contribution in [-0.4, -0.2) is 95.2 Å². The fourth-order valence-corrected chi connectivity index (χ4v) is 5.87. The van der Waals surface area contributed by atoms with Gasteiger partial charge in [0.05, 0.1) is 12.7 Å². The quantitative estimate of drug-likeness (QED) is 0.412. The van der Waals surface area contributed by atoms with Gasteiger partial charge in [-0.1, -0.05) is 6.07 Å². The lowest BCUT2D eigenvalue weighted by molar-refractivity contribution is -0.134. The van der Waals surface area contributed by atoms with E-state index in [1.54, 1.807) is 13.2 Å². The number of piperidine rings is 2. The normalized spacial score (nSPS) is 23.2. The largest absolute Gasteiger partial charge is 0.444 e. The molecule has 4 rings (SSSR count). The molecule has 3 fully saturated rings. The summed E-state index contributed by atoms with van der Waals surface area (Å²) in [7, 11) is 1.60. The van der Waals surface area contributed by atoms with Gasteiger partial charge >= 0.3 is 12.1 Å². The van der Waals surface area contributed by atoms with Gasteiger partial charge in [-0.25, -0.2) is 14.6 Å². The van der Waals surface area contributed by atoms with Crippen molar-refractivity contribution < 1.29 is 28.7 Å². The second-order valence-corrected chi connectivity index (χ2v) is 13.3. The monoisotopic (exact) mass is 600 g/mol. The van der Waals surface area contributed by atoms with Gasteiger partial charge in [-0.3, -0.25) is 24.7 Å². The number of rotatable bonds is 9. The van der Waals surface area contributed by atoms with Gasteiger partial charge in [0.15, 0.2) is 0 Å². The molecule has 238 valence electrons. The summed E-state index contributed by atoms with van der Waals surface area (Å²) < 4.78 is 11.8. The lowest BCUT2D eigenvalue weighted by atomic mass is 9.85. The smallest absolute Gasteiger partial charge is 0.410 e. The van der Waals surface area contributed by atoms with Gasteiger partial charge < -0.3 is 19.7 Å². The Balaban J connectivity index is 1.23. The fourth-order valence-electron chi connectivity index (χ4n) is 5.87. The third kappa shape index (κ3) is 8.88. The second kappa shape index (κ2) is 14.0. The van der Waals surface area contributed by atoms with E-state index < -0.39 is 23.6 Å². The molecule has 1 atom stereocenters. The van der Waals surface area contributed by atoms with E-state index in [1.807, 2.05) is 37.8 Å². The van der Waals surface area contributed by atoms with E-state index in [0.717, 1.165) is 50.9 Å². The minimum atomic E-state index is -0.760. The number of hydrogen-bond acceptors (Lipinski definition) is 8. The number of anilines is 1. The molecule has 1 aliphatic carbocycles. The van der Waals surface area contributed by atoms with E-state index in [0.29, 0.717) is 30.4 Å². The van der Waals surface area contributed by atoms with E-state index in [9.17, 15) is 19.2 Å². The highest BCUT2D eigenvalue weighted by Crippen LogP contribution is 2.33. The first-order valence-corrected chi connectivity index (χ1v) is 15.5. The van der Waals surface area contributed by atoms with Crippen LogP contribution in [0.15, 0.2) is 18.3 Å². The third-order valence-corrected chi connectivity index (χ3v) is 8.44. The molecule has 1 unspecified atom stereocenters. The van der Waals surface area contributed by atoms with Crippen molar-refractivity contribution in [3.63, 3.8) is 0 Å². The molecule has 0 radical (unpaired) electrons. The van der Waals surface area contributed by atoms with E-state index in [1.165, 1.54) is 4.90 Å².